The van der Waals surface area contributed by atoms with Crippen LogP contribution in [0, 0.1) is 6.92 Å². The van der Waals surface area contributed by atoms with Crippen molar-refractivity contribution in [1.82, 2.24) is 9.78 Å². The second-order valence-corrected chi connectivity index (χ2v) is 5.33. The van der Waals surface area contributed by atoms with E-state index in [1.807, 2.05) is 52.0 Å². The highest BCUT2D eigenvalue weighted by molar-refractivity contribution is 5.68. The van der Waals surface area contributed by atoms with Gasteiger partial charge in [0.05, 0.1) is 17.3 Å². The standard InChI is InChI=1S/C14H18N2O/c1-10-6-5-7-11(8-10)12-9-15-16(13(12)17)14(2,3)4/h5-9,17H,1-4H3. The Morgan fingerprint density at radius 3 is 2.47 bits per heavy atom. The van der Waals surface area contributed by atoms with Crippen LogP contribution in [0.2, 0.25) is 0 Å². The molecule has 17 heavy (non-hydrogen) atoms. The lowest BCUT2D eigenvalue weighted by Gasteiger charge is -2.20. The molecule has 0 saturated heterocycles. The minimum atomic E-state index is -0.216. The quantitative estimate of drug-likeness (QED) is 0.816. The molecule has 0 bridgehead atoms. The average molecular weight is 230 g/mol. The van der Waals surface area contributed by atoms with Crippen molar-refractivity contribution in [3.63, 3.8) is 0 Å². The maximum absolute atomic E-state index is 10.2. The Bertz CT molecular complexity index is 535. The third kappa shape index (κ3) is 2.18. The molecular formula is C14H18N2O. The summed E-state index contributed by atoms with van der Waals surface area (Å²) < 4.78 is 1.64. The molecule has 0 aliphatic heterocycles. The van der Waals surface area contributed by atoms with E-state index in [9.17, 15) is 5.11 Å². The van der Waals surface area contributed by atoms with Gasteiger partial charge in [-0.05, 0) is 33.3 Å². The fourth-order valence-electron chi connectivity index (χ4n) is 1.85. The summed E-state index contributed by atoms with van der Waals surface area (Å²) in [5.74, 6) is 0.225. The summed E-state index contributed by atoms with van der Waals surface area (Å²) >= 11 is 0. The Labute approximate surface area is 102 Å². The van der Waals surface area contributed by atoms with Gasteiger partial charge in [0.2, 0.25) is 5.88 Å². The number of hydrogen-bond donors (Lipinski definition) is 1. The molecule has 2 aromatic rings. The molecule has 0 saturated carbocycles. The van der Waals surface area contributed by atoms with E-state index in [-0.39, 0.29) is 11.4 Å². The lowest BCUT2D eigenvalue weighted by Crippen LogP contribution is -2.22. The zero-order chi connectivity index (χ0) is 12.6. The number of nitrogens with zero attached hydrogens (tertiary/aromatic N) is 2. The van der Waals surface area contributed by atoms with Gasteiger partial charge >= 0.3 is 0 Å². The average Bonchev–Trinajstić information content (AvgIpc) is 2.59. The van der Waals surface area contributed by atoms with Gasteiger partial charge in [0.15, 0.2) is 0 Å². The molecule has 1 aromatic heterocycles. The lowest BCUT2D eigenvalue weighted by molar-refractivity contribution is 0.295. The summed E-state index contributed by atoms with van der Waals surface area (Å²) in [5, 5.41) is 14.5. The molecule has 0 atom stereocenters. The smallest absolute Gasteiger partial charge is 0.217 e. The third-order valence-corrected chi connectivity index (χ3v) is 2.71. The molecule has 0 amide bonds. The second-order valence-electron chi connectivity index (χ2n) is 5.33. The van der Waals surface area contributed by atoms with Crippen LogP contribution in [0.5, 0.6) is 5.88 Å². The Kier molecular flexibility index (Phi) is 2.69. The molecule has 0 radical (unpaired) electrons. The van der Waals surface area contributed by atoms with Crippen LogP contribution < -0.4 is 0 Å². The number of aryl methyl sites for hydroxylation is 1. The first-order valence-corrected chi connectivity index (χ1v) is 5.74. The molecule has 1 N–H and O–H groups in total. The molecule has 3 nitrogen and oxygen atoms in total. The molecule has 90 valence electrons. The van der Waals surface area contributed by atoms with Gasteiger partial charge in [-0.3, -0.25) is 0 Å². The van der Waals surface area contributed by atoms with Gasteiger partial charge in [-0.15, -0.1) is 0 Å². The van der Waals surface area contributed by atoms with Crippen LogP contribution in [0.4, 0.5) is 0 Å². The zero-order valence-corrected chi connectivity index (χ0v) is 10.7. The first-order chi connectivity index (χ1) is 7.89. The van der Waals surface area contributed by atoms with Gasteiger partial charge < -0.3 is 5.11 Å². The Morgan fingerprint density at radius 1 is 1.24 bits per heavy atom. The van der Waals surface area contributed by atoms with E-state index in [2.05, 4.69) is 5.10 Å². The lowest BCUT2D eigenvalue weighted by atomic mass is 10.1. The first-order valence-electron chi connectivity index (χ1n) is 5.74. The van der Waals surface area contributed by atoms with Crippen molar-refractivity contribution in [2.45, 2.75) is 33.2 Å². The van der Waals surface area contributed by atoms with Crippen LogP contribution in [-0.2, 0) is 5.54 Å². The van der Waals surface area contributed by atoms with Crippen LogP contribution in [0.25, 0.3) is 11.1 Å². The summed E-state index contributed by atoms with van der Waals surface area (Å²) in [6, 6.07) is 8.05. The largest absolute Gasteiger partial charge is 0.493 e. The third-order valence-electron chi connectivity index (χ3n) is 2.71. The van der Waals surface area contributed by atoms with Crippen molar-refractivity contribution in [1.29, 1.82) is 0 Å². The Morgan fingerprint density at radius 2 is 1.94 bits per heavy atom. The van der Waals surface area contributed by atoms with Crippen molar-refractivity contribution < 1.29 is 5.11 Å². The number of rotatable bonds is 1. The van der Waals surface area contributed by atoms with Crippen molar-refractivity contribution in [3.8, 4) is 17.0 Å². The highest BCUT2D eigenvalue weighted by Crippen LogP contribution is 2.32. The van der Waals surface area contributed by atoms with Crippen molar-refractivity contribution >= 4 is 0 Å². The van der Waals surface area contributed by atoms with Crippen LogP contribution in [-0.4, -0.2) is 14.9 Å². The van der Waals surface area contributed by atoms with Crippen LogP contribution in [0.15, 0.2) is 30.5 Å². The van der Waals surface area contributed by atoms with Crippen molar-refractivity contribution in [2.75, 3.05) is 0 Å². The van der Waals surface area contributed by atoms with E-state index < -0.39 is 0 Å². The van der Waals surface area contributed by atoms with Crippen LogP contribution in [0.3, 0.4) is 0 Å². The summed E-state index contributed by atoms with van der Waals surface area (Å²) in [5.41, 5.74) is 2.73. The van der Waals surface area contributed by atoms with Crippen LogP contribution in [0.1, 0.15) is 26.3 Å². The zero-order valence-electron chi connectivity index (χ0n) is 10.7. The predicted molar refractivity (Wildman–Crippen MR) is 69.1 cm³/mol. The van der Waals surface area contributed by atoms with E-state index >= 15 is 0 Å². The number of aromatic nitrogens is 2. The fraction of sp³-hybridized carbons (Fsp3) is 0.357. The molecule has 0 unspecified atom stereocenters. The van der Waals surface area contributed by atoms with Gasteiger partial charge in [0.25, 0.3) is 0 Å². The summed E-state index contributed by atoms with van der Waals surface area (Å²) in [7, 11) is 0. The van der Waals surface area contributed by atoms with E-state index in [0.29, 0.717) is 0 Å². The number of benzene rings is 1. The molecule has 0 aliphatic rings. The van der Waals surface area contributed by atoms with Gasteiger partial charge in [-0.25, -0.2) is 4.68 Å². The highest BCUT2D eigenvalue weighted by Gasteiger charge is 2.21. The summed E-state index contributed by atoms with van der Waals surface area (Å²) in [6.45, 7) is 8.08. The maximum atomic E-state index is 10.2. The van der Waals surface area contributed by atoms with Gasteiger partial charge in [0.1, 0.15) is 0 Å². The minimum Gasteiger partial charge on any atom is -0.493 e. The summed E-state index contributed by atoms with van der Waals surface area (Å²) in [4.78, 5) is 0. The topological polar surface area (TPSA) is 38.0 Å². The molecule has 2 rings (SSSR count). The normalized spacial score (nSPS) is 11.8. The number of hydrogen-bond acceptors (Lipinski definition) is 2. The van der Waals surface area contributed by atoms with E-state index in [0.717, 1.165) is 11.1 Å². The van der Waals surface area contributed by atoms with Gasteiger partial charge in [0, 0.05) is 0 Å². The monoisotopic (exact) mass is 230 g/mol. The molecule has 1 heterocycles. The molecule has 0 fully saturated rings. The summed E-state index contributed by atoms with van der Waals surface area (Å²) in [6.07, 6.45) is 1.72. The maximum Gasteiger partial charge on any atom is 0.217 e. The molecule has 0 spiro atoms. The SMILES string of the molecule is Cc1cccc(-c2cnn(C(C)(C)C)c2O)c1. The molecule has 3 heteroatoms. The van der Waals surface area contributed by atoms with Gasteiger partial charge in [-0.1, -0.05) is 29.8 Å². The van der Waals surface area contributed by atoms with Crippen molar-refractivity contribution in [2.24, 2.45) is 0 Å². The van der Waals surface area contributed by atoms with E-state index in [1.54, 1.807) is 10.9 Å². The molecule has 1 aromatic carbocycles. The molecular weight excluding hydrogens is 212 g/mol. The fourth-order valence-corrected chi connectivity index (χ4v) is 1.85. The van der Waals surface area contributed by atoms with E-state index in [4.69, 9.17) is 0 Å². The van der Waals surface area contributed by atoms with Gasteiger partial charge in [-0.2, -0.15) is 5.10 Å². The van der Waals surface area contributed by atoms with Crippen molar-refractivity contribution in [3.05, 3.63) is 36.0 Å². The van der Waals surface area contributed by atoms with Crippen LogP contribution >= 0.6 is 0 Å². The Hall–Kier alpha value is -1.77. The van der Waals surface area contributed by atoms with E-state index in [1.165, 1.54) is 5.56 Å². The highest BCUT2D eigenvalue weighted by atomic mass is 16.3. The predicted octanol–water partition coefficient (Wildman–Crippen LogP) is 3.32. The first kappa shape index (κ1) is 11.7. The second kappa shape index (κ2) is 3.91. The molecule has 0 aliphatic carbocycles. The number of aromatic hydroxyl groups is 1. The Balaban J connectivity index is 2.52. The minimum absolute atomic E-state index is 0.216.